The molecule has 6 heteroatoms. The van der Waals surface area contributed by atoms with Crippen molar-refractivity contribution < 1.29 is 0 Å². The van der Waals surface area contributed by atoms with Crippen molar-refractivity contribution in [1.82, 2.24) is 15.2 Å². The third kappa shape index (κ3) is 3.67. The standard InChI is InChI=1S/C15H20BrIN4/c1-3-12-15(16)14(21(4-2)20-12)9-13(19-18)10-7-5-6-8-11(10)17/h5-8,13,19H,3-4,9,18H2,1-2H3. The summed E-state index contributed by atoms with van der Waals surface area (Å²) in [4.78, 5) is 0. The first-order chi connectivity index (χ1) is 10.1. The predicted octanol–water partition coefficient (Wildman–Crippen LogP) is 3.58. The van der Waals surface area contributed by atoms with Crippen molar-refractivity contribution in [3.8, 4) is 0 Å². The molecule has 0 bridgehead atoms. The second-order valence-corrected chi connectivity index (χ2v) is 6.78. The Bertz CT molecular complexity index is 612. The van der Waals surface area contributed by atoms with Gasteiger partial charge in [0.25, 0.3) is 0 Å². The first kappa shape index (κ1) is 16.9. The van der Waals surface area contributed by atoms with Gasteiger partial charge in [0.05, 0.1) is 21.9 Å². The number of benzene rings is 1. The molecule has 0 aliphatic rings. The molecule has 114 valence electrons. The molecule has 1 atom stereocenters. The predicted molar refractivity (Wildman–Crippen MR) is 97.9 cm³/mol. The number of hydrazine groups is 1. The second-order valence-electron chi connectivity index (χ2n) is 4.82. The number of nitrogens with one attached hydrogen (secondary N) is 1. The van der Waals surface area contributed by atoms with Gasteiger partial charge < -0.3 is 0 Å². The summed E-state index contributed by atoms with van der Waals surface area (Å²) < 4.78 is 4.38. The third-order valence-corrected chi connectivity index (χ3v) is 5.47. The Morgan fingerprint density at radius 2 is 2.10 bits per heavy atom. The van der Waals surface area contributed by atoms with Gasteiger partial charge in [0, 0.05) is 16.5 Å². The van der Waals surface area contributed by atoms with Crippen LogP contribution in [0.15, 0.2) is 28.7 Å². The number of aromatic nitrogens is 2. The highest BCUT2D eigenvalue weighted by atomic mass is 127. The molecule has 1 unspecified atom stereocenters. The number of nitrogens with zero attached hydrogens (tertiary/aromatic N) is 2. The molecule has 1 heterocycles. The van der Waals surface area contributed by atoms with E-state index in [9.17, 15) is 0 Å². The van der Waals surface area contributed by atoms with Gasteiger partial charge in [-0.3, -0.25) is 16.0 Å². The van der Waals surface area contributed by atoms with Crippen LogP contribution in [0.1, 0.15) is 36.8 Å². The van der Waals surface area contributed by atoms with E-state index in [1.807, 2.05) is 12.1 Å². The summed E-state index contributed by atoms with van der Waals surface area (Å²) in [5.41, 5.74) is 6.46. The first-order valence-electron chi connectivity index (χ1n) is 7.06. The van der Waals surface area contributed by atoms with Crippen molar-refractivity contribution in [3.05, 3.63) is 49.3 Å². The maximum absolute atomic E-state index is 5.80. The Morgan fingerprint density at radius 1 is 1.38 bits per heavy atom. The fraction of sp³-hybridized carbons (Fsp3) is 0.400. The Hall–Kier alpha value is -0.440. The summed E-state index contributed by atoms with van der Waals surface area (Å²) in [6, 6.07) is 8.38. The van der Waals surface area contributed by atoms with Gasteiger partial charge in [-0.1, -0.05) is 25.1 Å². The van der Waals surface area contributed by atoms with E-state index in [0.717, 1.165) is 29.6 Å². The van der Waals surface area contributed by atoms with Crippen molar-refractivity contribution in [3.63, 3.8) is 0 Å². The number of hydrogen-bond donors (Lipinski definition) is 2. The molecular weight excluding hydrogens is 443 g/mol. The van der Waals surface area contributed by atoms with E-state index in [0.29, 0.717) is 0 Å². The molecule has 1 aromatic heterocycles. The van der Waals surface area contributed by atoms with Gasteiger partial charge in [0.15, 0.2) is 0 Å². The lowest BCUT2D eigenvalue weighted by atomic mass is 10.0. The van der Waals surface area contributed by atoms with Crippen LogP contribution in [0.4, 0.5) is 0 Å². The second kappa shape index (κ2) is 7.71. The van der Waals surface area contributed by atoms with E-state index in [1.54, 1.807) is 0 Å². The maximum Gasteiger partial charge on any atom is 0.0766 e. The molecular formula is C15H20BrIN4. The lowest BCUT2D eigenvalue weighted by molar-refractivity contribution is 0.514. The number of rotatable bonds is 6. The highest BCUT2D eigenvalue weighted by Gasteiger charge is 2.20. The summed E-state index contributed by atoms with van der Waals surface area (Å²) in [7, 11) is 0. The van der Waals surface area contributed by atoms with Gasteiger partial charge >= 0.3 is 0 Å². The fourth-order valence-corrected chi connectivity index (χ4v) is 3.91. The molecule has 0 saturated carbocycles. The number of halogens is 2. The van der Waals surface area contributed by atoms with Crippen LogP contribution in [0.5, 0.6) is 0 Å². The smallest absolute Gasteiger partial charge is 0.0766 e. The van der Waals surface area contributed by atoms with Crippen molar-refractivity contribution >= 4 is 38.5 Å². The number of nitrogens with two attached hydrogens (primary N) is 1. The van der Waals surface area contributed by atoms with Crippen molar-refractivity contribution in [1.29, 1.82) is 0 Å². The lowest BCUT2D eigenvalue weighted by Gasteiger charge is -2.18. The van der Waals surface area contributed by atoms with Gasteiger partial charge in [0.1, 0.15) is 0 Å². The average molecular weight is 463 g/mol. The topological polar surface area (TPSA) is 55.9 Å². The zero-order chi connectivity index (χ0) is 15.4. The van der Waals surface area contributed by atoms with Crippen LogP contribution in [-0.4, -0.2) is 9.78 Å². The summed E-state index contributed by atoms with van der Waals surface area (Å²) in [6.07, 6.45) is 1.72. The molecule has 0 amide bonds. The van der Waals surface area contributed by atoms with Crippen LogP contribution in [-0.2, 0) is 19.4 Å². The molecule has 4 nitrogen and oxygen atoms in total. The van der Waals surface area contributed by atoms with Gasteiger partial charge in [-0.15, -0.1) is 0 Å². The molecule has 0 aliphatic carbocycles. The van der Waals surface area contributed by atoms with Crippen molar-refractivity contribution in [2.75, 3.05) is 0 Å². The van der Waals surface area contributed by atoms with E-state index in [4.69, 9.17) is 5.84 Å². The minimum Gasteiger partial charge on any atom is -0.271 e. The van der Waals surface area contributed by atoms with Crippen LogP contribution >= 0.6 is 38.5 Å². The molecule has 0 radical (unpaired) electrons. The van der Waals surface area contributed by atoms with Gasteiger partial charge in [-0.25, -0.2) is 0 Å². The highest BCUT2D eigenvalue weighted by Crippen LogP contribution is 2.28. The van der Waals surface area contributed by atoms with Crippen molar-refractivity contribution in [2.24, 2.45) is 5.84 Å². The Kier molecular flexibility index (Phi) is 6.21. The van der Waals surface area contributed by atoms with E-state index in [-0.39, 0.29) is 6.04 Å². The van der Waals surface area contributed by atoms with Crippen LogP contribution in [0, 0.1) is 3.57 Å². The summed E-state index contributed by atoms with van der Waals surface area (Å²) in [5, 5.41) is 4.65. The van der Waals surface area contributed by atoms with Gasteiger partial charge in [-0.2, -0.15) is 5.10 Å². The quantitative estimate of drug-likeness (QED) is 0.392. The molecule has 2 rings (SSSR count). The zero-order valence-corrected chi connectivity index (χ0v) is 16.0. The number of aryl methyl sites for hydroxylation is 2. The summed E-state index contributed by atoms with van der Waals surface area (Å²) in [6.45, 7) is 5.09. The third-order valence-electron chi connectivity index (χ3n) is 3.57. The van der Waals surface area contributed by atoms with E-state index in [1.165, 1.54) is 14.8 Å². The Morgan fingerprint density at radius 3 is 2.67 bits per heavy atom. The van der Waals surface area contributed by atoms with Gasteiger partial charge in [0.2, 0.25) is 0 Å². The average Bonchev–Trinajstić information content (AvgIpc) is 2.81. The molecule has 21 heavy (non-hydrogen) atoms. The van der Waals surface area contributed by atoms with E-state index < -0.39 is 0 Å². The van der Waals surface area contributed by atoms with Gasteiger partial charge in [-0.05, 0) is 63.5 Å². The van der Waals surface area contributed by atoms with Crippen LogP contribution in [0.25, 0.3) is 0 Å². The molecule has 3 N–H and O–H groups in total. The van der Waals surface area contributed by atoms with Crippen LogP contribution < -0.4 is 11.3 Å². The van der Waals surface area contributed by atoms with Crippen molar-refractivity contribution in [2.45, 2.75) is 39.3 Å². The molecule has 0 saturated heterocycles. The SMILES string of the molecule is CCc1nn(CC)c(CC(NN)c2ccccc2I)c1Br. The molecule has 0 fully saturated rings. The number of hydrogen-bond acceptors (Lipinski definition) is 3. The zero-order valence-electron chi connectivity index (χ0n) is 12.2. The Balaban J connectivity index is 2.35. The normalized spacial score (nSPS) is 12.6. The maximum atomic E-state index is 5.80. The molecule has 0 aliphatic heterocycles. The minimum atomic E-state index is 0.0705. The van der Waals surface area contributed by atoms with Crippen LogP contribution in [0.3, 0.4) is 0 Å². The molecule has 2 aromatic rings. The summed E-state index contributed by atoms with van der Waals surface area (Å²) in [5.74, 6) is 5.80. The lowest BCUT2D eigenvalue weighted by Crippen LogP contribution is -2.31. The fourth-order valence-electron chi connectivity index (χ4n) is 2.42. The van der Waals surface area contributed by atoms with Crippen LogP contribution in [0.2, 0.25) is 0 Å². The monoisotopic (exact) mass is 462 g/mol. The minimum absolute atomic E-state index is 0.0705. The molecule has 1 aromatic carbocycles. The largest absolute Gasteiger partial charge is 0.271 e. The summed E-state index contributed by atoms with van der Waals surface area (Å²) >= 11 is 6.05. The first-order valence-corrected chi connectivity index (χ1v) is 8.94. The van der Waals surface area contributed by atoms with E-state index in [2.05, 4.69) is 79.7 Å². The Labute approximate surface area is 147 Å². The highest BCUT2D eigenvalue weighted by molar-refractivity contribution is 14.1. The van der Waals surface area contributed by atoms with E-state index >= 15 is 0 Å². The molecule has 0 spiro atoms.